The number of nitrogens with zero attached hydrogens (tertiary/aromatic N) is 2. The number of rotatable bonds is 4. The highest BCUT2D eigenvalue weighted by Crippen LogP contribution is 2.31. The van der Waals surface area contributed by atoms with E-state index in [9.17, 15) is 13.2 Å². The van der Waals surface area contributed by atoms with E-state index in [0.29, 0.717) is 13.2 Å². The third kappa shape index (κ3) is 3.01. The van der Waals surface area contributed by atoms with Crippen molar-refractivity contribution in [3.05, 3.63) is 17.5 Å². The van der Waals surface area contributed by atoms with E-state index in [0.717, 1.165) is 4.68 Å². The number of hydrogen-bond donors (Lipinski definition) is 1. The summed E-state index contributed by atoms with van der Waals surface area (Å²) in [5.74, 6) is 0. The molecule has 0 unspecified atom stereocenters. The maximum Gasteiger partial charge on any atom is 0.435 e. The number of ether oxygens (including phenoxy) is 2. The van der Waals surface area contributed by atoms with Gasteiger partial charge >= 0.3 is 6.18 Å². The Morgan fingerprint density at radius 2 is 2.06 bits per heavy atom. The molecule has 18 heavy (non-hydrogen) atoms. The van der Waals surface area contributed by atoms with Gasteiger partial charge in [-0.2, -0.15) is 18.3 Å². The molecule has 8 heteroatoms. The van der Waals surface area contributed by atoms with E-state index >= 15 is 0 Å². The van der Waals surface area contributed by atoms with Crippen LogP contribution in [-0.2, 0) is 28.6 Å². The van der Waals surface area contributed by atoms with Crippen LogP contribution in [0.25, 0.3) is 0 Å². The molecule has 2 heterocycles. The Balaban J connectivity index is 2.16. The molecular formula is C10H13F3N2O3. The third-order valence-corrected chi connectivity index (χ3v) is 2.51. The molecule has 0 saturated carbocycles. The first-order valence-corrected chi connectivity index (χ1v) is 5.48. The predicted molar refractivity (Wildman–Crippen MR) is 53.7 cm³/mol. The minimum atomic E-state index is -4.52. The molecule has 0 bridgehead atoms. The van der Waals surface area contributed by atoms with Gasteiger partial charge in [-0.25, -0.2) is 0 Å². The number of aromatic nitrogens is 2. The Morgan fingerprint density at radius 1 is 1.39 bits per heavy atom. The zero-order valence-corrected chi connectivity index (χ0v) is 9.48. The molecule has 1 saturated heterocycles. The van der Waals surface area contributed by atoms with Gasteiger partial charge in [0, 0.05) is 18.4 Å². The predicted octanol–water partition coefficient (Wildman–Crippen LogP) is 0.810. The maximum absolute atomic E-state index is 12.7. The Labute approximate surface area is 101 Å². The molecule has 0 radical (unpaired) electrons. The van der Waals surface area contributed by atoms with Gasteiger partial charge in [-0.05, 0) is 6.42 Å². The second-order valence-electron chi connectivity index (χ2n) is 3.87. The van der Waals surface area contributed by atoms with Crippen molar-refractivity contribution in [2.45, 2.75) is 25.4 Å². The van der Waals surface area contributed by atoms with Gasteiger partial charge < -0.3 is 14.6 Å². The Morgan fingerprint density at radius 3 is 2.61 bits per heavy atom. The molecule has 102 valence electrons. The van der Waals surface area contributed by atoms with Gasteiger partial charge in [-0.1, -0.05) is 0 Å². The van der Waals surface area contributed by atoms with Crippen LogP contribution >= 0.6 is 0 Å². The molecule has 1 aliphatic rings. The summed E-state index contributed by atoms with van der Waals surface area (Å²) < 4.78 is 49.5. The lowest BCUT2D eigenvalue weighted by atomic mass is 10.2. The second kappa shape index (κ2) is 5.25. The zero-order valence-electron chi connectivity index (χ0n) is 9.48. The summed E-state index contributed by atoms with van der Waals surface area (Å²) in [4.78, 5) is 0. The van der Waals surface area contributed by atoms with Gasteiger partial charge in [0.2, 0.25) is 0 Å². The van der Waals surface area contributed by atoms with Crippen LogP contribution in [-0.4, -0.2) is 41.0 Å². The lowest BCUT2D eigenvalue weighted by Gasteiger charge is -2.08. The van der Waals surface area contributed by atoms with E-state index in [1.165, 1.54) is 6.20 Å². The van der Waals surface area contributed by atoms with Crippen molar-refractivity contribution in [1.29, 1.82) is 0 Å². The topological polar surface area (TPSA) is 56.5 Å². The monoisotopic (exact) mass is 266 g/mol. The summed E-state index contributed by atoms with van der Waals surface area (Å²) in [7, 11) is 0. The largest absolute Gasteiger partial charge is 0.435 e. The van der Waals surface area contributed by atoms with E-state index in [1.54, 1.807) is 0 Å². The van der Waals surface area contributed by atoms with Crippen molar-refractivity contribution < 1.29 is 27.8 Å². The first-order chi connectivity index (χ1) is 8.50. The number of hydrogen-bond acceptors (Lipinski definition) is 4. The Hall–Kier alpha value is -1.12. The quantitative estimate of drug-likeness (QED) is 0.876. The van der Waals surface area contributed by atoms with Crippen molar-refractivity contribution in [2.24, 2.45) is 0 Å². The summed E-state index contributed by atoms with van der Waals surface area (Å²) in [6.45, 7) is 0.614. The average Bonchev–Trinajstić information content (AvgIpc) is 2.88. The molecule has 0 atom stereocenters. The molecule has 2 rings (SSSR count). The average molecular weight is 266 g/mol. The van der Waals surface area contributed by atoms with E-state index in [2.05, 4.69) is 5.10 Å². The van der Waals surface area contributed by atoms with Crippen molar-refractivity contribution in [3.63, 3.8) is 0 Å². The summed E-state index contributed by atoms with van der Waals surface area (Å²) in [5, 5.41) is 12.2. The lowest BCUT2D eigenvalue weighted by molar-refractivity contribution is -0.142. The number of alkyl halides is 3. The molecule has 1 aliphatic heterocycles. The smallest absolute Gasteiger partial charge is 0.396 e. The molecule has 5 nitrogen and oxygen atoms in total. The second-order valence-corrected chi connectivity index (χ2v) is 3.87. The van der Waals surface area contributed by atoms with Crippen molar-refractivity contribution in [3.8, 4) is 0 Å². The fourth-order valence-electron chi connectivity index (χ4n) is 1.76. The number of aliphatic hydroxyl groups is 1. The van der Waals surface area contributed by atoms with Crippen LogP contribution in [0.4, 0.5) is 13.2 Å². The Bertz CT molecular complexity index is 400. The van der Waals surface area contributed by atoms with Crippen LogP contribution in [0.5, 0.6) is 0 Å². The van der Waals surface area contributed by atoms with E-state index in [-0.39, 0.29) is 25.1 Å². The fraction of sp³-hybridized carbons (Fsp3) is 0.700. The molecular weight excluding hydrogens is 253 g/mol. The summed E-state index contributed by atoms with van der Waals surface area (Å²) in [6.07, 6.45) is -3.90. The van der Waals surface area contributed by atoms with Crippen molar-refractivity contribution in [2.75, 3.05) is 19.8 Å². The Kier molecular flexibility index (Phi) is 3.88. The first kappa shape index (κ1) is 13.3. The van der Waals surface area contributed by atoms with Gasteiger partial charge in [-0.3, -0.25) is 4.68 Å². The van der Waals surface area contributed by atoms with Crippen LogP contribution < -0.4 is 0 Å². The minimum absolute atomic E-state index is 0.0250. The van der Waals surface area contributed by atoms with Crippen molar-refractivity contribution in [1.82, 2.24) is 9.78 Å². The minimum Gasteiger partial charge on any atom is -0.396 e. The summed E-state index contributed by atoms with van der Waals surface area (Å²) >= 11 is 0. The van der Waals surface area contributed by atoms with Crippen LogP contribution in [0.2, 0.25) is 0 Å². The van der Waals surface area contributed by atoms with Gasteiger partial charge in [0.25, 0.3) is 0 Å². The molecule has 1 N–H and O–H groups in total. The molecule has 1 aromatic heterocycles. The fourth-order valence-corrected chi connectivity index (χ4v) is 1.76. The molecule has 0 aromatic carbocycles. The first-order valence-electron chi connectivity index (χ1n) is 5.48. The van der Waals surface area contributed by atoms with Gasteiger partial charge in [0.15, 0.2) is 12.0 Å². The van der Waals surface area contributed by atoms with Crippen LogP contribution in [0.15, 0.2) is 6.20 Å². The molecule has 0 amide bonds. The highest BCUT2D eigenvalue weighted by molar-refractivity contribution is 5.20. The standard InChI is InChI=1S/C10H13F3N2O3/c11-10(12,13)9-7(1-2-16)5-15(14-9)6-8-17-3-4-18-8/h5,8,16H,1-4,6H2. The normalized spacial score (nSPS) is 17.6. The summed E-state index contributed by atoms with van der Waals surface area (Å²) in [5.41, 5.74) is -0.988. The molecule has 1 fully saturated rings. The SMILES string of the molecule is OCCc1cn(CC2OCCO2)nc1C(F)(F)F. The lowest BCUT2D eigenvalue weighted by Crippen LogP contribution is -2.18. The van der Waals surface area contributed by atoms with E-state index in [4.69, 9.17) is 14.6 Å². The summed E-state index contributed by atoms with van der Waals surface area (Å²) in [6, 6.07) is 0. The van der Waals surface area contributed by atoms with Crippen LogP contribution in [0.3, 0.4) is 0 Å². The van der Waals surface area contributed by atoms with Gasteiger partial charge in [0.05, 0.1) is 19.8 Å². The molecule has 1 aromatic rings. The molecule has 0 aliphatic carbocycles. The molecule has 0 spiro atoms. The third-order valence-electron chi connectivity index (χ3n) is 2.51. The number of aliphatic hydroxyl groups excluding tert-OH is 1. The van der Waals surface area contributed by atoms with Crippen LogP contribution in [0.1, 0.15) is 11.3 Å². The van der Waals surface area contributed by atoms with Gasteiger partial charge in [-0.15, -0.1) is 0 Å². The van der Waals surface area contributed by atoms with E-state index < -0.39 is 18.2 Å². The highest BCUT2D eigenvalue weighted by Gasteiger charge is 2.37. The van der Waals surface area contributed by atoms with E-state index in [1.807, 2.05) is 0 Å². The number of halogens is 3. The van der Waals surface area contributed by atoms with Crippen LogP contribution in [0, 0.1) is 0 Å². The maximum atomic E-state index is 12.7. The highest BCUT2D eigenvalue weighted by atomic mass is 19.4. The van der Waals surface area contributed by atoms with Crippen molar-refractivity contribution >= 4 is 0 Å². The zero-order chi connectivity index (χ0) is 13.2. The van der Waals surface area contributed by atoms with Gasteiger partial charge in [0.1, 0.15) is 0 Å².